The van der Waals surface area contributed by atoms with Crippen LogP contribution in [0.3, 0.4) is 0 Å². The molecule has 8 nitrogen and oxygen atoms in total. The second kappa shape index (κ2) is 5.29. The second-order valence-electron chi connectivity index (χ2n) is 5.32. The van der Waals surface area contributed by atoms with Crippen molar-refractivity contribution < 1.29 is 8.42 Å². The molecule has 0 amide bonds. The van der Waals surface area contributed by atoms with Crippen molar-refractivity contribution in [3.8, 4) is 0 Å². The van der Waals surface area contributed by atoms with Gasteiger partial charge in [0.15, 0.2) is 5.65 Å². The number of rotatable bonds is 3. The third-order valence-electron chi connectivity index (χ3n) is 3.51. The Hall–Kier alpha value is -1.97. The summed E-state index contributed by atoms with van der Waals surface area (Å²) in [6.45, 7) is 0. The Morgan fingerprint density at radius 1 is 1.43 bits per heavy atom. The average Bonchev–Trinajstić information content (AvgIpc) is 2.78. The third kappa shape index (κ3) is 2.82. The van der Waals surface area contributed by atoms with E-state index in [1.165, 1.54) is 10.9 Å². The molecule has 0 fully saturated rings. The Kier molecular flexibility index (Phi) is 3.66. The van der Waals surface area contributed by atoms with Crippen molar-refractivity contribution in [3.63, 3.8) is 0 Å². The van der Waals surface area contributed by atoms with Gasteiger partial charge in [0, 0.05) is 13.2 Å². The van der Waals surface area contributed by atoms with Gasteiger partial charge in [-0.15, -0.1) is 11.6 Å². The number of hydrogen-bond donors (Lipinski definition) is 2. The zero-order valence-electron chi connectivity index (χ0n) is 12.4. The molecule has 0 aliphatic heterocycles. The van der Waals surface area contributed by atoms with Gasteiger partial charge in [-0.3, -0.25) is 0 Å². The van der Waals surface area contributed by atoms with Crippen LogP contribution in [0.25, 0.3) is 11.0 Å². The zero-order valence-corrected chi connectivity index (χ0v) is 14.0. The number of allylic oxidation sites excluding steroid dienone is 2. The lowest BCUT2D eigenvalue weighted by atomic mass is 9.90. The van der Waals surface area contributed by atoms with E-state index in [1.807, 2.05) is 0 Å². The molecule has 0 bridgehead atoms. The van der Waals surface area contributed by atoms with Crippen LogP contribution >= 0.6 is 11.6 Å². The first-order valence-corrected chi connectivity index (χ1v) is 8.95. The van der Waals surface area contributed by atoms with E-state index in [2.05, 4.69) is 19.8 Å². The third-order valence-corrected chi connectivity index (χ3v) is 4.73. The fraction of sp³-hybridized carbons (Fsp3) is 0.308. The van der Waals surface area contributed by atoms with Gasteiger partial charge >= 0.3 is 0 Å². The van der Waals surface area contributed by atoms with Crippen molar-refractivity contribution in [2.45, 2.75) is 10.9 Å². The molecule has 2 unspecified atom stereocenters. The number of nitrogens with two attached hydrogens (primary N) is 1. The van der Waals surface area contributed by atoms with E-state index >= 15 is 0 Å². The van der Waals surface area contributed by atoms with Gasteiger partial charge in [-0.25, -0.2) is 22.8 Å². The van der Waals surface area contributed by atoms with Crippen molar-refractivity contribution in [2.24, 2.45) is 7.05 Å². The Morgan fingerprint density at radius 2 is 2.17 bits per heavy atom. The van der Waals surface area contributed by atoms with Gasteiger partial charge in [0.25, 0.3) is 0 Å². The maximum atomic E-state index is 11.6. The molecule has 0 saturated heterocycles. The predicted octanol–water partition coefficient (Wildman–Crippen LogP) is 0.423. The predicted molar refractivity (Wildman–Crippen MR) is 88.3 cm³/mol. The molecule has 2 atom stereocenters. The molecular weight excluding hydrogens is 340 g/mol. The summed E-state index contributed by atoms with van der Waals surface area (Å²) in [4.78, 5) is 6.93. The van der Waals surface area contributed by atoms with Gasteiger partial charge in [-0.05, 0) is 0 Å². The summed E-state index contributed by atoms with van der Waals surface area (Å²) in [5.41, 5.74) is 6.59. The standard InChI is InChI=1S/C13H15ClN6O2S/c1-20-11-8(7-16-12(15)17-11)10(18-20)13(14)6-4-3-5-9(13)19-23(2,21)22/h3-7,9,19H,1-2H3,(H2,15,16,17). The number of nitrogen functional groups attached to an aromatic ring is 1. The van der Waals surface area contributed by atoms with Crippen LogP contribution in [-0.2, 0) is 21.9 Å². The molecule has 2 heterocycles. The molecular formula is C13H15ClN6O2S. The van der Waals surface area contributed by atoms with Crippen LogP contribution in [0.1, 0.15) is 5.69 Å². The van der Waals surface area contributed by atoms with E-state index in [4.69, 9.17) is 17.3 Å². The lowest BCUT2D eigenvalue weighted by Crippen LogP contribution is -2.46. The Labute approximate surface area is 138 Å². The van der Waals surface area contributed by atoms with E-state index < -0.39 is 20.9 Å². The molecule has 1 aliphatic rings. The van der Waals surface area contributed by atoms with E-state index in [9.17, 15) is 8.42 Å². The monoisotopic (exact) mass is 354 g/mol. The molecule has 122 valence electrons. The topological polar surface area (TPSA) is 116 Å². The minimum absolute atomic E-state index is 0.126. The molecule has 0 aromatic carbocycles. The Morgan fingerprint density at radius 3 is 2.87 bits per heavy atom. The maximum absolute atomic E-state index is 11.6. The maximum Gasteiger partial charge on any atom is 0.222 e. The van der Waals surface area contributed by atoms with Crippen molar-refractivity contribution in [2.75, 3.05) is 12.0 Å². The largest absolute Gasteiger partial charge is 0.368 e. The van der Waals surface area contributed by atoms with Gasteiger partial charge in [0.2, 0.25) is 16.0 Å². The molecule has 3 rings (SSSR count). The smallest absolute Gasteiger partial charge is 0.222 e. The molecule has 3 N–H and O–H groups in total. The van der Waals surface area contributed by atoms with E-state index in [0.29, 0.717) is 16.7 Å². The molecule has 0 saturated carbocycles. The van der Waals surface area contributed by atoms with Gasteiger partial charge < -0.3 is 5.73 Å². The summed E-state index contributed by atoms with van der Waals surface area (Å²) in [6.07, 6.45) is 9.45. The zero-order chi connectivity index (χ0) is 16.8. The van der Waals surface area contributed by atoms with Gasteiger partial charge in [0.1, 0.15) is 10.6 Å². The van der Waals surface area contributed by atoms with E-state index in [-0.39, 0.29) is 5.95 Å². The second-order valence-corrected chi connectivity index (χ2v) is 7.72. The number of anilines is 1. The normalized spacial score (nSPS) is 24.4. The highest BCUT2D eigenvalue weighted by Crippen LogP contribution is 2.39. The molecule has 10 heteroatoms. The van der Waals surface area contributed by atoms with Crippen LogP contribution in [0.15, 0.2) is 30.5 Å². The molecule has 1 aliphatic carbocycles. The highest BCUT2D eigenvalue weighted by molar-refractivity contribution is 7.88. The quantitative estimate of drug-likeness (QED) is 0.772. The molecule has 23 heavy (non-hydrogen) atoms. The first-order valence-electron chi connectivity index (χ1n) is 6.68. The van der Waals surface area contributed by atoms with Gasteiger partial charge in [-0.2, -0.15) is 10.1 Å². The molecule has 0 spiro atoms. The summed E-state index contributed by atoms with van der Waals surface area (Å²) in [6, 6.07) is -0.695. The number of alkyl halides is 1. The minimum Gasteiger partial charge on any atom is -0.368 e. The minimum atomic E-state index is -3.46. The van der Waals surface area contributed by atoms with E-state index in [0.717, 1.165) is 6.26 Å². The van der Waals surface area contributed by atoms with Crippen LogP contribution in [0.2, 0.25) is 0 Å². The van der Waals surface area contributed by atoms with Crippen molar-refractivity contribution in [3.05, 3.63) is 36.2 Å². The van der Waals surface area contributed by atoms with Gasteiger partial charge in [-0.1, -0.05) is 24.3 Å². The van der Waals surface area contributed by atoms with Crippen molar-refractivity contribution in [1.82, 2.24) is 24.5 Å². The summed E-state index contributed by atoms with van der Waals surface area (Å²) < 4.78 is 27.3. The first-order chi connectivity index (χ1) is 10.7. The van der Waals surface area contributed by atoms with Crippen LogP contribution in [0.5, 0.6) is 0 Å². The summed E-state index contributed by atoms with van der Waals surface area (Å²) in [5.74, 6) is 0.126. The van der Waals surface area contributed by atoms with Crippen LogP contribution in [0.4, 0.5) is 5.95 Å². The number of fused-ring (bicyclic) bond motifs is 1. The summed E-state index contributed by atoms with van der Waals surface area (Å²) in [7, 11) is -1.75. The lowest BCUT2D eigenvalue weighted by molar-refractivity contribution is 0.538. The molecule has 0 radical (unpaired) electrons. The number of aryl methyl sites for hydroxylation is 1. The summed E-state index contributed by atoms with van der Waals surface area (Å²) in [5, 5.41) is 5.02. The van der Waals surface area contributed by atoms with Crippen LogP contribution < -0.4 is 10.5 Å². The summed E-state index contributed by atoms with van der Waals surface area (Å²) >= 11 is 6.78. The fourth-order valence-electron chi connectivity index (χ4n) is 2.53. The number of halogens is 1. The first kappa shape index (κ1) is 15.9. The SMILES string of the molecule is Cn1nc(C2(Cl)C=CC=CC2NS(C)(=O)=O)c2cnc(N)nc21. The van der Waals surface area contributed by atoms with Crippen molar-refractivity contribution >= 4 is 38.6 Å². The Balaban J connectivity index is 2.18. The number of nitrogens with one attached hydrogen (secondary N) is 1. The number of nitrogens with zero attached hydrogens (tertiary/aromatic N) is 4. The number of aromatic nitrogens is 4. The van der Waals surface area contributed by atoms with E-state index in [1.54, 1.807) is 31.4 Å². The molecule has 2 aromatic heterocycles. The highest BCUT2D eigenvalue weighted by Gasteiger charge is 2.41. The fourth-order valence-corrected chi connectivity index (χ4v) is 3.66. The lowest BCUT2D eigenvalue weighted by Gasteiger charge is -2.31. The van der Waals surface area contributed by atoms with Gasteiger partial charge in [0.05, 0.1) is 17.7 Å². The number of hydrogen-bond acceptors (Lipinski definition) is 6. The van der Waals surface area contributed by atoms with Crippen molar-refractivity contribution in [1.29, 1.82) is 0 Å². The average molecular weight is 355 g/mol. The van der Waals surface area contributed by atoms with Crippen LogP contribution in [-0.4, -0.2) is 40.5 Å². The Bertz CT molecular complexity index is 935. The van der Waals surface area contributed by atoms with Crippen LogP contribution in [0, 0.1) is 0 Å². The molecule has 2 aromatic rings. The number of sulfonamides is 1. The highest BCUT2D eigenvalue weighted by atomic mass is 35.5.